The van der Waals surface area contributed by atoms with Crippen molar-refractivity contribution in [2.75, 3.05) is 6.54 Å². The summed E-state index contributed by atoms with van der Waals surface area (Å²) >= 11 is 5.98. The van der Waals surface area contributed by atoms with Gasteiger partial charge in [0.15, 0.2) is 5.82 Å². The summed E-state index contributed by atoms with van der Waals surface area (Å²) in [6, 6.07) is 2.89. The van der Waals surface area contributed by atoms with E-state index in [1.807, 2.05) is 0 Å². The molecule has 0 fully saturated rings. The second-order valence-electron chi connectivity index (χ2n) is 7.18. The Kier molecular flexibility index (Phi) is 7.58. The van der Waals surface area contributed by atoms with Crippen molar-refractivity contribution in [2.45, 2.75) is 26.1 Å². The molecule has 0 unspecified atom stereocenters. The second-order valence-corrected chi connectivity index (χ2v) is 7.62. The summed E-state index contributed by atoms with van der Waals surface area (Å²) < 4.78 is 68.3. The zero-order chi connectivity index (χ0) is 25.9. The van der Waals surface area contributed by atoms with E-state index in [1.54, 1.807) is 6.07 Å². The smallest absolute Gasteiger partial charge is 0.328 e. The van der Waals surface area contributed by atoms with E-state index >= 15 is 0 Å². The molecule has 0 saturated heterocycles. The van der Waals surface area contributed by atoms with Gasteiger partial charge in [-0.05, 0) is 38.1 Å². The Morgan fingerprint density at radius 3 is 2.49 bits per heavy atom. The molecule has 2 aromatic heterocycles. The number of carbonyl (C=O) groups is 2. The van der Waals surface area contributed by atoms with Crippen molar-refractivity contribution >= 4 is 23.5 Å². The van der Waals surface area contributed by atoms with E-state index in [0.29, 0.717) is 5.01 Å². The van der Waals surface area contributed by atoms with Gasteiger partial charge in [-0.15, -0.1) is 0 Å². The van der Waals surface area contributed by atoms with E-state index in [1.165, 1.54) is 48.6 Å². The van der Waals surface area contributed by atoms with E-state index in [4.69, 9.17) is 11.6 Å². The summed E-state index contributed by atoms with van der Waals surface area (Å²) in [5.74, 6) is -3.93. The summed E-state index contributed by atoms with van der Waals surface area (Å²) in [6.45, 7) is 2.37. The number of hydrogen-bond donors (Lipinski definition) is 2. The fourth-order valence-corrected chi connectivity index (χ4v) is 3.33. The van der Waals surface area contributed by atoms with Crippen molar-refractivity contribution in [1.82, 2.24) is 30.5 Å². The molecule has 1 aromatic carbocycles. The number of nitrogens with one attached hydrogen (secondary N) is 2. The van der Waals surface area contributed by atoms with Gasteiger partial charge in [-0.25, -0.2) is 23.3 Å². The maximum atomic E-state index is 15.0. The molecule has 0 saturated carbocycles. The number of urea groups is 1. The van der Waals surface area contributed by atoms with Gasteiger partial charge >= 0.3 is 18.1 Å². The molecule has 35 heavy (non-hydrogen) atoms. The van der Waals surface area contributed by atoms with Gasteiger partial charge in [0.2, 0.25) is 0 Å². The van der Waals surface area contributed by atoms with Crippen LogP contribution < -0.4 is 10.7 Å². The molecule has 0 aliphatic heterocycles. The molecule has 0 bridgehead atoms. The summed E-state index contributed by atoms with van der Waals surface area (Å²) in [7, 11) is 0. The first-order valence-electron chi connectivity index (χ1n) is 10.0. The molecule has 3 amide bonds. The molecule has 2 heterocycles. The van der Waals surface area contributed by atoms with Gasteiger partial charge in [0.25, 0.3) is 0 Å². The summed E-state index contributed by atoms with van der Waals surface area (Å²) in [6.07, 6.45) is -1.05. The van der Waals surface area contributed by atoms with Crippen molar-refractivity contribution in [1.29, 1.82) is 0 Å². The SMILES string of the molecule is CCN(NC(=O)C(F)(F)F)C(=O)N[C@H](C)c1ncc(-c2cc(Cl)cc(F)c2-n2cccn2)cc1F. The molecule has 186 valence electrons. The fraction of sp³-hybridized carbons (Fsp3) is 0.238. The number of alkyl halides is 3. The first-order chi connectivity index (χ1) is 16.4. The number of benzene rings is 1. The van der Waals surface area contributed by atoms with Gasteiger partial charge in [0, 0.05) is 41.3 Å². The molecule has 3 aromatic rings. The number of hydrogen-bond acceptors (Lipinski definition) is 4. The molecular weight excluding hydrogens is 499 g/mol. The van der Waals surface area contributed by atoms with E-state index in [2.05, 4.69) is 15.4 Å². The van der Waals surface area contributed by atoms with Gasteiger partial charge in [-0.2, -0.15) is 18.3 Å². The number of rotatable bonds is 5. The maximum Gasteiger partial charge on any atom is 0.472 e. The predicted octanol–water partition coefficient (Wildman–Crippen LogP) is 4.55. The van der Waals surface area contributed by atoms with Crippen LogP contribution in [0, 0.1) is 11.6 Å². The monoisotopic (exact) mass is 516 g/mol. The highest BCUT2D eigenvalue weighted by molar-refractivity contribution is 6.31. The number of aromatic nitrogens is 3. The lowest BCUT2D eigenvalue weighted by atomic mass is 10.0. The first kappa shape index (κ1) is 25.9. The highest BCUT2D eigenvalue weighted by atomic mass is 35.5. The quantitative estimate of drug-likeness (QED) is 0.384. The standard InChI is InChI=1S/C21H18ClF5N6O2/c1-3-32(31-19(34)21(25,26)27)20(35)30-11(2)17-15(23)7-12(10-28-17)14-8-13(22)9-16(24)18(14)33-6-4-5-29-33/h4-11H,3H2,1-2H3,(H,30,35)(H,31,34)/t11-/m1/s1. The van der Waals surface area contributed by atoms with Crippen LogP contribution in [0.4, 0.5) is 26.7 Å². The number of amides is 3. The maximum absolute atomic E-state index is 15.0. The molecule has 0 aliphatic carbocycles. The normalized spacial score (nSPS) is 12.2. The van der Waals surface area contributed by atoms with Crippen LogP contribution in [0.1, 0.15) is 25.6 Å². The largest absolute Gasteiger partial charge is 0.472 e. The van der Waals surface area contributed by atoms with E-state index in [-0.39, 0.29) is 34.1 Å². The Hall–Kier alpha value is -3.74. The van der Waals surface area contributed by atoms with Gasteiger partial charge in [0.05, 0.1) is 11.7 Å². The minimum absolute atomic E-state index is 0.00805. The molecule has 2 N–H and O–H groups in total. The lowest BCUT2D eigenvalue weighted by Gasteiger charge is -2.24. The van der Waals surface area contributed by atoms with Crippen molar-refractivity contribution in [2.24, 2.45) is 0 Å². The molecule has 3 rings (SSSR count). The topological polar surface area (TPSA) is 92.2 Å². The van der Waals surface area contributed by atoms with E-state index < -0.39 is 35.8 Å². The van der Waals surface area contributed by atoms with Crippen molar-refractivity contribution < 1.29 is 31.5 Å². The Bertz CT molecular complexity index is 1240. The van der Waals surface area contributed by atoms with Gasteiger partial charge in [0.1, 0.15) is 11.5 Å². The van der Waals surface area contributed by atoms with Crippen molar-refractivity contribution in [3.05, 3.63) is 65.2 Å². The number of carbonyl (C=O) groups excluding carboxylic acids is 2. The molecule has 0 aliphatic rings. The van der Waals surface area contributed by atoms with Gasteiger partial charge in [-0.3, -0.25) is 15.2 Å². The fourth-order valence-electron chi connectivity index (χ4n) is 3.13. The zero-order valence-electron chi connectivity index (χ0n) is 18.2. The third kappa shape index (κ3) is 5.85. The molecule has 0 spiro atoms. The summed E-state index contributed by atoms with van der Waals surface area (Å²) in [5.41, 5.74) is 1.54. The average Bonchev–Trinajstić information content (AvgIpc) is 3.30. The zero-order valence-corrected chi connectivity index (χ0v) is 19.0. The molecule has 1 atom stereocenters. The van der Waals surface area contributed by atoms with Gasteiger partial charge in [-0.1, -0.05) is 11.6 Å². The molecular formula is C21H18ClF5N6O2. The van der Waals surface area contributed by atoms with Gasteiger partial charge < -0.3 is 5.32 Å². The first-order valence-corrected chi connectivity index (χ1v) is 10.4. The lowest BCUT2D eigenvalue weighted by molar-refractivity contribution is -0.177. The minimum atomic E-state index is -5.20. The van der Waals surface area contributed by atoms with Crippen molar-refractivity contribution in [3.8, 4) is 16.8 Å². The molecule has 14 heteroatoms. The number of halogens is 6. The molecule has 0 radical (unpaired) electrons. The minimum Gasteiger partial charge on any atom is -0.328 e. The highest BCUT2D eigenvalue weighted by Crippen LogP contribution is 2.32. The average molecular weight is 517 g/mol. The van der Waals surface area contributed by atoms with Crippen LogP contribution in [-0.2, 0) is 4.79 Å². The Morgan fingerprint density at radius 2 is 1.91 bits per heavy atom. The highest BCUT2D eigenvalue weighted by Gasteiger charge is 2.40. The van der Waals surface area contributed by atoms with Crippen LogP contribution in [0.3, 0.4) is 0 Å². The van der Waals surface area contributed by atoms with Crippen LogP contribution in [0.5, 0.6) is 0 Å². The van der Waals surface area contributed by atoms with Crippen LogP contribution >= 0.6 is 11.6 Å². The summed E-state index contributed by atoms with van der Waals surface area (Å²) in [5, 5.41) is 6.70. The van der Waals surface area contributed by atoms with Crippen LogP contribution in [0.25, 0.3) is 16.8 Å². The Balaban J connectivity index is 1.85. The van der Waals surface area contributed by atoms with Crippen LogP contribution in [-0.4, -0.2) is 44.4 Å². The van der Waals surface area contributed by atoms with E-state index in [9.17, 15) is 31.5 Å². The van der Waals surface area contributed by atoms with Crippen LogP contribution in [0.2, 0.25) is 5.02 Å². The third-order valence-corrected chi connectivity index (χ3v) is 4.97. The van der Waals surface area contributed by atoms with Crippen molar-refractivity contribution in [3.63, 3.8) is 0 Å². The molecule has 8 nitrogen and oxygen atoms in total. The Labute approximate surface area is 200 Å². The number of hydrazine groups is 1. The second kappa shape index (κ2) is 10.3. The number of pyridine rings is 1. The number of nitrogens with zero attached hydrogens (tertiary/aromatic N) is 4. The third-order valence-electron chi connectivity index (χ3n) is 4.75. The summed E-state index contributed by atoms with van der Waals surface area (Å²) in [4.78, 5) is 27.4. The van der Waals surface area contributed by atoms with Crippen LogP contribution in [0.15, 0.2) is 42.9 Å². The predicted molar refractivity (Wildman–Crippen MR) is 115 cm³/mol. The lowest BCUT2D eigenvalue weighted by Crippen LogP contribution is -2.54. The van der Waals surface area contributed by atoms with E-state index in [0.717, 1.165) is 12.1 Å². The Morgan fingerprint density at radius 1 is 1.20 bits per heavy atom.